The van der Waals surface area contributed by atoms with E-state index >= 15 is 0 Å². The number of primary amides is 1. The third kappa shape index (κ3) is 3.15. The lowest BCUT2D eigenvalue weighted by Gasteiger charge is -2.32. The Morgan fingerprint density at radius 3 is 2.79 bits per heavy atom. The largest absolute Gasteiger partial charge is 0.397 e. The minimum atomic E-state index is -0.439. The maximum atomic E-state index is 11.5. The number of carbonyl (C=O) groups excluding carboxylic acids is 1. The summed E-state index contributed by atoms with van der Waals surface area (Å²) in [5.41, 5.74) is 13.2. The van der Waals surface area contributed by atoms with Crippen molar-refractivity contribution in [2.24, 2.45) is 5.73 Å². The van der Waals surface area contributed by atoms with E-state index in [0.717, 1.165) is 6.42 Å². The van der Waals surface area contributed by atoms with Crippen LogP contribution >= 0.6 is 11.8 Å². The summed E-state index contributed by atoms with van der Waals surface area (Å²) in [4.78, 5) is 11.5. The fourth-order valence-electron chi connectivity index (χ4n) is 2.67. The molecule has 1 aromatic carbocycles. The molecule has 0 saturated heterocycles. The van der Waals surface area contributed by atoms with Gasteiger partial charge in [0.2, 0.25) is 0 Å². The Bertz CT molecular complexity index is 464. The van der Waals surface area contributed by atoms with Gasteiger partial charge in [-0.25, -0.2) is 0 Å². The van der Waals surface area contributed by atoms with Gasteiger partial charge in [0.25, 0.3) is 5.91 Å². The maximum Gasteiger partial charge on any atom is 0.250 e. The van der Waals surface area contributed by atoms with Gasteiger partial charge in [0.1, 0.15) is 0 Å². The zero-order chi connectivity index (χ0) is 13.8. The molecule has 0 heterocycles. The van der Waals surface area contributed by atoms with Crippen LogP contribution in [0, 0.1) is 0 Å². The summed E-state index contributed by atoms with van der Waals surface area (Å²) >= 11 is 1.87. The molecule has 104 valence electrons. The van der Waals surface area contributed by atoms with Crippen LogP contribution in [0.2, 0.25) is 0 Å². The van der Waals surface area contributed by atoms with Gasteiger partial charge in [-0.3, -0.25) is 4.79 Å². The number of carbonyl (C=O) groups is 1. The van der Waals surface area contributed by atoms with Gasteiger partial charge < -0.3 is 16.8 Å². The highest BCUT2D eigenvalue weighted by Gasteiger charge is 2.25. The van der Waals surface area contributed by atoms with Crippen LogP contribution in [0.15, 0.2) is 18.2 Å². The maximum absolute atomic E-state index is 11.5. The molecule has 2 atom stereocenters. The van der Waals surface area contributed by atoms with E-state index < -0.39 is 5.91 Å². The Morgan fingerprint density at radius 2 is 2.11 bits per heavy atom. The van der Waals surface area contributed by atoms with E-state index in [-0.39, 0.29) is 0 Å². The number of benzene rings is 1. The van der Waals surface area contributed by atoms with Crippen LogP contribution in [0.3, 0.4) is 0 Å². The minimum Gasteiger partial charge on any atom is -0.397 e. The average Bonchev–Trinajstić information content (AvgIpc) is 2.41. The highest BCUT2D eigenvalue weighted by atomic mass is 32.2. The molecule has 5 N–H and O–H groups in total. The monoisotopic (exact) mass is 279 g/mol. The first-order valence-electron chi connectivity index (χ1n) is 6.61. The molecule has 1 saturated carbocycles. The summed E-state index contributed by atoms with van der Waals surface area (Å²) in [6.07, 6.45) is 6.94. The highest BCUT2D eigenvalue weighted by Crippen LogP contribution is 2.32. The Balaban J connectivity index is 2.24. The van der Waals surface area contributed by atoms with Crippen LogP contribution in [-0.2, 0) is 0 Å². The summed E-state index contributed by atoms with van der Waals surface area (Å²) in [7, 11) is 0. The molecule has 0 bridgehead atoms. The Morgan fingerprint density at radius 1 is 1.37 bits per heavy atom. The second kappa shape index (κ2) is 6.19. The summed E-state index contributed by atoms with van der Waals surface area (Å²) in [5, 5.41) is 4.02. The first-order chi connectivity index (χ1) is 9.13. The third-order valence-electron chi connectivity index (χ3n) is 3.70. The molecule has 0 aliphatic heterocycles. The SMILES string of the molecule is CSC1CCCCC1Nc1c(N)cccc1C(N)=O. The number of nitrogen functional groups attached to an aromatic ring is 1. The summed E-state index contributed by atoms with van der Waals surface area (Å²) in [6, 6.07) is 5.63. The topological polar surface area (TPSA) is 81.1 Å². The summed E-state index contributed by atoms with van der Waals surface area (Å²) in [5.74, 6) is -0.439. The Kier molecular flexibility index (Phi) is 4.58. The van der Waals surface area contributed by atoms with Gasteiger partial charge in [-0.15, -0.1) is 0 Å². The van der Waals surface area contributed by atoms with Crippen LogP contribution < -0.4 is 16.8 Å². The van der Waals surface area contributed by atoms with Crippen molar-refractivity contribution in [3.05, 3.63) is 23.8 Å². The number of para-hydroxylation sites is 1. The van der Waals surface area contributed by atoms with Crippen molar-refractivity contribution in [2.45, 2.75) is 37.0 Å². The van der Waals surface area contributed by atoms with Crippen molar-refractivity contribution in [3.8, 4) is 0 Å². The number of hydrogen-bond donors (Lipinski definition) is 3. The Hall–Kier alpha value is -1.36. The zero-order valence-corrected chi connectivity index (χ0v) is 12.0. The quantitative estimate of drug-likeness (QED) is 0.739. The number of amides is 1. The summed E-state index contributed by atoms with van der Waals surface area (Å²) in [6.45, 7) is 0. The molecule has 1 aliphatic rings. The molecule has 5 heteroatoms. The molecule has 0 radical (unpaired) electrons. The van der Waals surface area contributed by atoms with Gasteiger partial charge >= 0.3 is 0 Å². The molecule has 2 unspecified atom stereocenters. The number of anilines is 2. The fourth-order valence-corrected chi connectivity index (χ4v) is 3.60. The second-order valence-electron chi connectivity index (χ2n) is 4.94. The molecule has 4 nitrogen and oxygen atoms in total. The van der Waals surface area contributed by atoms with Crippen LogP contribution in [0.5, 0.6) is 0 Å². The number of nitrogens with one attached hydrogen (secondary N) is 1. The molecule has 0 aromatic heterocycles. The molecule has 0 spiro atoms. The van der Waals surface area contributed by atoms with Crippen molar-refractivity contribution < 1.29 is 4.79 Å². The van der Waals surface area contributed by atoms with Crippen molar-refractivity contribution in [1.82, 2.24) is 0 Å². The van der Waals surface area contributed by atoms with Gasteiger partial charge in [-0.05, 0) is 31.2 Å². The van der Waals surface area contributed by atoms with Gasteiger partial charge in [0.15, 0.2) is 0 Å². The van der Waals surface area contributed by atoms with Gasteiger partial charge in [0, 0.05) is 11.3 Å². The molecule has 1 amide bonds. The lowest BCUT2D eigenvalue weighted by molar-refractivity contribution is 0.100. The van der Waals surface area contributed by atoms with Crippen LogP contribution in [0.4, 0.5) is 11.4 Å². The first-order valence-corrected chi connectivity index (χ1v) is 7.90. The molecule has 1 aromatic rings. The normalized spacial score (nSPS) is 23.0. The fraction of sp³-hybridized carbons (Fsp3) is 0.500. The molecular formula is C14H21N3OS. The highest BCUT2D eigenvalue weighted by molar-refractivity contribution is 7.99. The lowest BCUT2D eigenvalue weighted by Crippen LogP contribution is -2.35. The lowest BCUT2D eigenvalue weighted by atomic mass is 9.94. The van der Waals surface area contributed by atoms with E-state index in [1.54, 1.807) is 18.2 Å². The predicted octanol–water partition coefficient (Wildman–Crippen LogP) is 2.45. The van der Waals surface area contributed by atoms with Crippen molar-refractivity contribution in [1.29, 1.82) is 0 Å². The molecule has 1 fully saturated rings. The van der Waals surface area contributed by atoms with Crippen molar-refractivity contribution in [3.63, 3.8) is 0 Å². The smallest absolute Gasteiger partial charge is 0.250 e. The van der Waals surface area contributed by atoms with E-state index in [9.17, 15) is 4.79 Å². The number of nitrogens with two attached hydrogens (primary N) is 2. The molecule has 19 heavy (non-hydrogen) atoms. The Labute approximate surface area is 118 Å². The van der Waals surface area contributed by atoms with E-state index in [4.69, 9.17) is 11.5 Å². The number of hydrogen-bond acceptors (Lipinski definition) is 4. The minimum absolute atomic E-state index is 0.353. The van der Waals surface area contributed by atoms with E-state index in [0.29, 0.717) is 28.2 Å². The first kappa shape index (κ1) is 14.1. The molecule has 1 aliphatic carbocycles. The van der Waals surface area contributed by atoms with Crippen LogP contribution in [0.25, 0.3) is 0 Å². The van der Waals surface area contributed by atoms with E-state index in [1.807, 2.05) is 11.8 Å². The standard InChI is InChI=1S/C14H21N3OS/c1-19-12-8-3-2-7-11(12)17-13-9(14(16)18)5-4-6-10(13)15/h4-6,11-12,17H,2-3,7-8,15H2,1H3,(H2,16,18). The van der Waals surface area contributed by atoms with Gasteiger partial charge in [-0.1, -0.05) is 18.9 Å². The zero-order valence-electron chi connectivity index (χ0n) is 11.2. The van der Waals surface area contributed by atoms with E-state index in [1.165, 1.54) is 19.3 Å². The molecular weight excluding hydrogens is 258 g/mol. The van der Waals surface area contributed by atoms with E-state index in [2.05, 4.69) is 11.6 Å². The van der Waals surface area contributed by atoms with Crippen LogP contribution in [0.1, 0.15) is 36.0 Å². The summed E-state index contributed by atoms with van der Waals surface area (Å²) < 4.78 is 0. The van der Waals surface area contributed by atoms with Crippen molar-refractivity contribution >= 4 is 29.0 Å². The molecule has 2 rings (SSSR count). The van der Waals surface area contributed by atoms with Crippen molar-refractivity contribution in [2.75, 3.05) is 17.3 Å². The second-order valence-corrected chi connectivity index (χ2v) is 6.02. The van der Waals surface area contributed by atoms with Crippen LogP contribution in [-0.4, -0.2) is 23.5 Å². The van der Waals surface area contributed by atoms with Gasteiger partial charge in [0.05, 0.1) is 16.9 Å². The number of rotatable bonds is 4. The predicted molar refractivity (Wildman–Crippen MR) is 82.6 cm³/mol. The van der Waals surface area contributed by atoms with Gasteiger partial charge in [-0.2, -0.15) is 11.8 Å². The third-order valence-corrected chi connectivity index (χ3v) is 4.87. The average molecular weight is 279 g/mol. The number of thioether (sulfide) groups is 1.